The van der Waals surface area contributed by atoms with Gasteiger partial charge in [-0.3, -0.25) is 9.48 Å². The number of rotatable bonds is 5. The summed E-state index contributed by atoms with van der Waals surface area (Å²) in [6.07, 6.45) is 5.16. The second-order valence-corrected chi connectivity index (χ2v) is 10.4. The van der Waals surface area contributed by atoms with E-state index in [1.54, 1.807) is 23.0 Å². The van der Waals surface area contributed by atoms with E-state index in [1.165, 1.54) is 16.4 Å². The number of ether oxygens (including phenoxy) is 1. The van der Waals surface area contributed by atoms with Crippen LogP contribution in [-0.2, 0) is 21.3 Å². The lowest BCUT2D eigenvalue weighted by Crippen LogP contribution is -2.48. The molecule has 168 valence electrons. The molecule has 0 bridgehead atoms. The van der Waals surface area contributed by atoms with E-state index in [-0.39, 0.29) is 23.0 Å². The number of nitrogens with zero attached hydrogens (tertiary/aromatic N) is 5. The third-order valence-corrected chi connectivity index (χ3v) is 7.69. The van der Waals surface area contributed by atoms with Crippen molar-refractivity contribution in [3.05, 3.63) is 42.2 Å². The van der Waals surface area contributed by atoms with E-state index >= 15 is 0 Å². The largest absolute Gasteiger partial charge is 0.373 e. The van der Waals surface area contributed by atoms with Crippen LogP contribution in [0.1, 0.15) is 37.0 Å². The van der Waals surface area contributed by atoms with Gasteiger partial charge in [-0.25, -0.2) is 8.42 Å². The van der Waals surface area contributed by atoms with Gasteiger partial charge in [0.25, 0.3) is 5.91 Å². The Balaban J connectivity index is 1.43. The molecule has 2 aromatic rings. The number of hydrogen-bond acceptors (Lipinski definition) is 6. The van der Waals surface area contributed by atoms with Gasteiger partial charge in [0.1, 0.15) is 0 Å². The van der Waals surface area contributed by atoms with Crippen LogP contribution in [0.15, 0.2) is 41.6 Å². The Labute approximate surface area is 183 Å². The highest BCUT2D eigenvalue weighted by molar-refractivity contribution is 7.89. The van der Waals surface area contributed by atoms with Gasteiger partial charge in [0.2, 0.25) is 10.0 Å². The van der Waals surface area contributed by atoms with Gasteiger partial charge in [-0.05, 0) is 56.9 Å². The third-order valence-electron chi connectivity index (χ3n) is 5.85. The summed E-state index contributed by atoms with van der Waals surface area (Å²) in [5, 5.41) is 7.85. The molecule has 9 nitrogen and oxygen atoms in total. The van der Waals surface area contributed by atoms with E-state index in [1.807, 2.05) is 24.9 Å². The first kappa shape index (κ1) is 21.9. The Morgan fingerprint density at radius 2 is 1.84 bits per heavy atom. The predicted molar refractivity (Wildman–Crippen MR) is 114 cm³/mol. The number of likely N-dealkylation sites (tertiary alicyclic amines) is 1. The predicted octanol–water partition coefficient (Wildman–Crippen LogP) is 1.63. The highest BCUT2D eigenvalue weighted by atomic mass is 32.2. The Bertz CT molecular complexity index is 983. The van der Waals surface area contributed by atoms with Crippen LogP contribution < -0.4 is 0 Å². The molecule has 0 spiro atoms. The zero-order valence-electron chi connectivity index (χ0n) is 17.9. The van der Waals surface area contributed by atoms with Crippen LogP contribution >= 0.6 is 0 Å². The Kier molecular flexibility index (Phi) is 6.40. The molecule has 2 aliphatic heterocycles. The summed E-state index contributed by atoms with van der Waals surface area (Å²) >= 11 is 0. The molecule has 1 aromatic heterocycles. The molecule has 2 aliphatic rings. The molecule has 2 saturated heterocycles. The van der Waals surface area contributed by atoms with Crippen LogP contribution in [-0.4, -0.2) is 76.9 Å². The van der Waals surface area contributed by atoms with E-state index in [2.05, 4.69) is 10.3 Å². The lowest BCUT2D eigenvalue weighted by Gasteiger charge is -2.34. The van der Waals surface area contributed by atoms with Crippen molar-refractivity contribution >= 4 is 15.9 Å². The SMILES string of the molecule is C[C@@H]1CN(S(=O)(=O)c2ccc(C(=O)N3CCC[C@H](Cn4ccnn4)C3)cc2)C[C@H](C)O1. The fourth-order valence-electron chi connectivity index (χ4n) is 4.42. The maximum Gasteiger partial charge on any atom is 0.253 e. The summed E-state index contributed by atoms with van der Waals surface area (Å²) in [6.45, 7) is 6.49. The van der Waals surface area contributed by atoms with Gasteiger partial charge >= 0.3 is 0 Å². The van der Waals surface area contributed by atoms with Crippen LogP contribution in [0, 0.1) is 5.92 Å². The highest BCUT2D eigenvalue weighted by Crippen LogP contribution is 2.23. The van der Waals surface area contributed by atoms with Crippen molar-refractivity contribution in [3.8, 4) is 0 Å². The topological polar surface area (TPSA) is 97.6 Å². The lowest BCUT2D eigenvalue weighted by molar-refractivity contribution is -0.0440. The number of carbonyl (C=O) groups is 1. The van der Waals surface area contributed by atoms with Crippen molar-refractivity contribution in [1.82, 2.24) is 24.2 Å². The quantitative estimate of drug-likeness (QED) is 0.691. The van der Waals surface area contributed by atoms with Crippen molar-refractivity contribution in [2.45, 2.75) is 50.3 Å². The average Bonchev–Trinajstić information content (AvgIpc) is 3.26. The van der Waals surface area contributed by atoms with Crippen LogP contribution in [0.25, 0.3) is 0 Å². The first-order valence-electron chi connectivity index (χ1n) is 10.7. The molecule has 31 heavy (non-hydrogen) atoms. The number of sulfonamides is 1. The summed E-state index contributed by atoms with van der Waals surface area (Å²) in [6, 6.07) is 6.29. The second-order valence-electron chi connectivity index (χ2n) is 8.49. The molecule has 1 aromatic carbocycles. The van der Waals surface area contributed by atoms with E-state index < -0.39 is 10.0 Å². The van der Waals surface area contributed by atoms with Crippen LogP contribution in [0.5, 0.6) is 0 Å². The van der Waals surface area contributed by atoms with Crippen molar-refractivity contribution in [1.29, 1.82) is 0 Å². The van der Waals surface area contributed by atoms with Gasteiger partial charge in [0, 0.05) is 44.5 Å². The second kappa shape index (κ2) is 9.05. The maximum atomic E-state index is 13.0. The van der Waals surface area contributed by atoms with Gasteiger partial charge in [-0.2, -0.15) is 4.31 Å². The standard InChI is InChI=1S/C21H29N5O4S/c1-16-12-26(13-17(2)30-16)31(28,29)20-7-5-19(6-8-20)21(27)24-10-3-4-18(14-24)15-25-11-9-22-23-25/h5-9,11,16-18H,3-4,10,12-15H2,1-2H3/t16-,17+,18-/m0/s1. The lowest BCUT2D eigenvalue weighted by atomic mass is 9.97. The molecule has 1 amide bonds. The molecule has 2 fully saturated rings. The summed E-state index contributed by atoms with van der Waals surface area (Å²) in [4.78, 5) is 15.1. The van der Waals surface area contributed by atoms with Gasteiger partial charge in [-0.15, -0.1) is 5.10 Å². The molecule has 4 rings (SSSR count). The molecular weight excluding hydrogens is 418 g/mol. The normalized spacial score (nSPS) is 25.5. The van der Waals surface area contributed by atoms with Crippen LogP contribution in [0.2, 0.25) is 0 Å². The summed E-state index contributed by atoms with van der Waals surface area (Å²) < 4.78 is 34.9. The number of benzene rings is 1. The number of morpholine rings is 1. The summed E-state index contributed by atoms with van der Waals surface area (Å²) in [5.74, 6) is 0.255. The van der Waals surface area contributed by atoms with Crippen molar-refractivity contribution in [3.63, 3.8) is 0 Å². The zero-order valence-corrected chi connectivity index (χ0v) is 18.7. The van der Waals surface area contributed by atoms with E-state index in [0.29, 0.717) is 37.7 Å². The average molecular weight is 448 g/mol. The Morgan fingerprint density at radius 1 is 1.13 bits per heavy atom. The van der Waals surface area contributed by atoms with Crippen LogP contribution in [0.4, 0.5) is 0 Å². The monoisotopic (exact) mass is 447 g/mol. The van der Waals surface area contributed by atoms with Gasteiger partial charge in [0.15, 0.2) is 0 Å². The van der Waals surface area contributed by atoms with Crippen molar-refractivity contribution in [2.75, 3.05) is 26.2 Å². The molecule has 3 atom stereocenters. The van der Waals surface area contributed by atoms with Gasteiger partial charge in [0.05, 0.1) is 23.3 Å². The molecule has 0 N–H and O–H groups in total. The number of amides is 1. The maximum absolute atomic E-state index is 13.0. The van der Waals surface area contributed by atoms with E-state index in [4.69, 9.17) is 4.74 Å². The Hall–Kier alpha value is -2.30. The smallest absolute Gasteiger partial charge is 0.253 e. The number of carbonyl (C=O) groups excluding carboxylic acids is 1. The summed E-state index contributed by atoms with van der Waals surface area (Å²) in [5.41, 5.74) is 0.504. The van der Waals surface area contributed by atoms with E-state index in [0.717, 1.165) is 19.4 Å². The zero-order chi connectivity index (χ0) is 22.0. The molecule has 0 unspecified atom stereocenters. The number of piperidine rings is 1. The molecule has 0 saturated carbocycles. The van der Waals surface area contributed by atoms with Gasteiger partial charge < -0.3 is 9.64 Å². The minimum Gasteiger partial charge on any atom is -0.373 e. The first-order chi connectivity index (χ1) is 14.8. The molecular formula is C21H29N5O4S. The van der Waals surface area contributed by atoms with Crippen molar-refractivity contribution < 1.29 is 17.9 Å². The Morgan fingerprint density at radius 3 is 2.48 bits per heavy atom. The molecule has 10 heteroatoms. The molecule has 3 heterocycles. The summed E-state index contributed by atoms with van der Waals surface area (Å²) in [7, 11) is -3.62. The minimum atomic E-state index is -3.62. The first-order valence-corrected chi connectivity index (χ1v) is 12.2. The molecule has 0 aliphatic carbocycles. The highest BCUT2D eigenvalue weighted by Gasteiger charge is 2.32. The minimum absolute atomic E-state index is 0.0687. The van der Waals surface area contributed by atoms with Gasteiger partial charge in [-0.1, -0.05) is 5.21 Å². The number of aromatic nitrogens is 3. The van der Waals surface area contributed by atoms with Crippen LogP contribution in [0.3, 0.4) is 0 Å². The fourth-order valence-corrected chi connectivity index (χ4v) is 6.01. The van der Waals surface area contributed by atoms with E-state index in [9.17, 15) is 13.2 Å². The molecule has 0 radical (unpaired) electrons. The number of hydrogen-bond donors (Lipinski definition) is 0. The van der Waals surface area contributed by atoms with Crippen molar-refractivity contribution in [2.24, 2.45) is 5.92 Å². The third kappa shape index (κ3) is 4.97. The fraction of sp³-hybridized carbons (Fsp3) is 0.571.